The van der Waals surface area contributed by atoms with Gasteiger partial charge < -0.3 is 9.74 Å². The van der Waals surface area contributed by atoms with Gasteiger partial charge in [0.15, 0.2) is 6.10 Å². The number of rotatable bonds is 6. The molecule has 2 aromatic rings. The Balaban J connectivity index is 1.69. The number of oxime groups is 1. The van der Waals surface area contributed by atoms with Crippen LogP contribution in [0.5, 0.6) is 0 Å². The zero-order chi connectivity index (χ0) is 19.4. The highest BCUT2D eigenvalue weighted by Crippen LogP contribution is 2.21. The second-order valence-corrected chi connectivity index (χ2v) is 6.31. The van der Waals surface area contributed by atoms with Gasteiger partial charge in [0.1, 0.15) is 17.5 Å². The minimum Gasteiger partial charge on any atom is -0.390 e. The molecule has 2 aromatic carbocycles. The summed E-state index contributed by atoms with van der Waals surface area (Å²) in [5, 5.41) is 3.88. The van der Waals surface area contributed by atoms with E-state index in [-0.39, 0.29) is 43.2 Å². The van der Waals surface area contributed by atoms with Crippen LogP contribution in [0.25, 0.3) is 0 Å². The number of benzene rings is 2. The molecule has 0 fully saturated rings. The Bertz CT molecular complexity index is 870. The first-order valence-electron chi connectivity index (χ1n) is 8.67. The van der Waals surface area contributed by atoms with Crippen molar-refractivity contribution in [1.82, 2.24) is 4.90 Å². The van der Waals surface area contributed by atoms with Gasteiger partial charge in [-0.15, -0.1) is 0 Å². The topological polar surface area (TPSA) is 41.9 Å². The SMILES string of the molecule is CCC(=O)N(Cc1ccccc1F)C[C@H]1CC(c2ccc(F)cc2F)=NO1. The monoisotopic (exact) mass is 376 g/mol. The quantitative estimate of drug-likeness (QED) is 0.764. The zero-order valence-corrected chi connectivity index (χ0v) is 14.8. The number of hydrogen-bond donors (Lipinski definition) is 0. The largest absolute Gasteiger partial charge is 0.390 e. The lowest BCUT2D eigenvalue weighted by molar-refractivity contribution is -0.133. The molecule has 1 atom stereocenters. The van der Waals surface area contributed by atoms with E-state index in [1.54, 1.807) is 25.1 Å². The summed E-state index contributed by atoms with van der Waals surface area (Å²) in [6.07, 6.45) is 0.0566. The highest BCUT2D eigenvalue weighted by atomic mass is 19.1. The first-order valence-corrected chi connectivity index (χ1v) is 8.67. The molecule has 0 bridgehead atoms. The third-order valence-electron chi connectivity index (χ3n) is 4.37. The molecule has 0 spiro atoms. The van der Waals surface area contributed by atoms with Crippen LogP contribution < -0.4 is 0 Å². The van der Waals surface area contributed by atoms with Crippen molar-refractivity contribution in [3.63, 3.8) is 0 Å². The van der Waals surface area contributed by atoms with Gasteiger partial charge in [0, 0.05) is 36.6 Å². The van der Waals surface area contributed by atoms with Gasteiger partial charge in [0.2, 0.25) is 5.91 Å². The summed E-state index contributed by atoms with van der Waals surface area (Å²) in [7, 11) is 0. The summed E-state index contributed by atoms with van der Waals surface area (Å²) in [6, 6.07) is 9.50. The van der Waals surface area contributed by atoms with Gasteiger partial charge in [-0.3, -0.25) is 4.79 Å². The number of nitrogens with zero attached hydrogens (tertiary/aromatic N) is 2. The lowest BCUT2D eigenvalue weighted by Gasteiger charge is -2.24. The molecular formula is C20H19F3N2O2. The van der Waals surface area contributed by atoms with Crippen molar-refractivity contribution in [3.8, 4) is 0 Å². The van der Waals surface area contributed by atoms with E-state index in [2.05, 4.69) is 5.16 Å². The van der Waals surface area contributed by atoms with E-state index < -0.39 is 17.7 Å². The first-order chi connectivity index (χ1) is 13.0. The minimum atomic E-state index is -0.717. The normalized spacial score (nSPS) is 16.0. The Morgan fingerprint density at radius 2 is 1.96 bits per heavy atom. The Labute approximate surface area is 155 Å². The average Bonchev–Trinajstić information content (AvgIpc) is 3.10. The van der Waals surface area contributed by atoms with Crippen LogP contribution in [0.2, 0.25) is 0 Å². The summed E-state index contributed by atoms with van der Waals surface area (Å²) in [6.45, 7) is 2.03. The molecule has 0 N–H and O–H groups in total. The highest BCUT2D eigenvalue weighted by molar-refractivity contribution is 6.01. The van der Waals surface area contributed by atoms with Crippen molar-refractivity contribution in [3.05, 3.63) is 71.0 Å². The van der Waals surface area contributed by atoms with Crippen molar-refractivity contribution in [2.75, 3.05) is 6.54 Å². The number of halogens is 3. The summed E-state index contributed by atoms with van der Waals surface area (Å²) >= 11 is 0. The lowest BCUT2D eigenvalue weighted by atomic mass is 10.0. The van der Waals surface area contributed by atoms with E-state index in [0.717, 1.165) is 12.1 Å². The van der Waals surface area contributed by atoms with E-state index in [0.29, 0.717) is 11.3 Å². The molecule has 7 heteroatoms. The third-order valence-corrected chi connectivity index (χ3v) is 4.37. The highest BCUT2D eigenvalue weighted by Gasteiger charge is 2.28. The van der Waals surface area contributed by atoms with Crippen molar-refractivity contribution in [2.24, 2.45) is 5.16 Å². The molecule has 0 saturated carbocycles. The van der Waals surface area contributed by atoms with Gasteiger partial charge in [-0.25, -0.2) is 13.2 Å². The molecule has 1 amide bonds. The van der Waals surface area contributed by atoms with Gasteiger partial charge in [0.05, 0.1) is 12.3 Å². The van der Waals surface area contributed by atoms with Crippen LogP contribution in [0.3, 0.4) is 0 Å². The number of carbonyl (C=O) groups is 1. The number of amides is 1. The maximum atomic E-state index is 13.9. The van der Waals surface area contributed by atoms with Crippen molar-refractivity contribution in [1.29, 1.82) is 0 Å². The van der Waals surface area contributed by atoms with Crippen LogP contribution in [0.4, 0.5) is 13.2 Å². The molecule has 4 nitrogen and oxygen atoms in total. The lowest BCUT2D eigenvalue weighted by Crippen LogP contribution is -2.37. The van der Waals surface area contributed by atoms with E-state index in [1.165, 1.54) is 17.0 Å². The standard InChI is InChI=1S/C20H19F3N2O2/c1-2-20(26)25(11-13-5-3-4-6-17(13)22)12-15-10-19(24-27-15)16-8-7-14(21)9-18(16)23/h3-9,15H,2,10-12H2,1H3/t15-/m1/s1. The van der Waals surface area contributed by atoms with E-state index in [9.17, 15) is 18.0 Å². The van der Waals surface area contributed by atoms with Crippen molar-refractivity contribution in [2.45, 2.75) is 32.4 Å². The van der Waals surface area contributed by atoms with Crippen LogP contribution in [0.1, 0.15) is 30.9 Å². The third kappa shape index (κ3) is 4.48. The molecule has 0 unspecified atom stereocenters. The molecule has 142 valence electrons. The second-order valence-electron chi connectivity index (χ2n) is 6.31. The fraction of sp³-hybridized carbons (Fsp3) is 0.300. The van der Waals surface area contributed by atoms with E-state index in [4.69, 9.17) is 4.84 Å². The van der Waals surface area contributed by atoms with E-state index >= 15 is 0 Å². The van der Waals surface area contributed by atoms with Crippen molar-refractivity contribution < 1.29 is 22.8 Å². The minimum absolute atomic E-state index is 0.111. The predicted molar refractivity (Wildman–Crippen MR) is 94.5 cm³/mol. The van der Waals surface area contributed by atoms with Crippen LogP contribution in [0, 0.1) is 17.5 Å². The predicted octanol–water partition coefficient (Wildman–Crippen LogP) is 4.04. The summed E-state index contributed by atoms with van der Waals surface area (Å²) in [4.78, 5) is 19.1. The molecule has 1 aliphatic rings. The van der Waals surface area contributed by atoms with Crippen LogP contribution in [-0.2, 0) is 16.2 Å². The van der Waals surface area contributed by atoms with Gasteiger partial charge in [-0.2, -0.15) is 0 Å². The molecule has 1 aliphatic heterocycles. The molecule has 0 radical (unpaired) electrons. The Morgan fingerprint density at radius 1 is 1.19 bits per heavy atom. The summed E-state index contributed by atoms with van der Waals surface area (Å²) < 4.78 is 40.9. The fourth-order valence-electron chi connectivity index (χ4n) is 2.97. The maximum Gasteiger partial charge on any atom is 0.222 e. The number of carbonyl (C=O) groups excluding carboxylic acids is 1. The first kappa shape index (κ1) is 18.9. The Morgan fingerprint density at radius 3 is 2.67 bits per heavy atom. The van der Waals surface area contributed by atoms with Gasteiger partial charge >= 0.3 is 0 Å². The van der Waals surface area contributed by atoms with Crippen LogP contribution in [0.15, 0.2) is 47.6 Å². The molecule has 0 aromatic heterocycles. The van der Waals surface area contributed by atoms with Gasteiger partial charge in [-0.1, -0.05) is 30.3 Å². The Hall–Kier alpha value is -2.83. The smallest absolute Gasteiger partial charge is 0.222 e. The van der Waals surface area contributed by atoms with Gasteiger partial charge in [-0.05, 0) is 18.2 Å². The zero-order valence-electron chi connectivity index (χ0n) is 14.8. The molecule has 1 heterocycles. The number of hydrogen-bond acceptors (Lipinski definition) is 3. The molecule has 3 rings (SSSR count). The van der Waals surface area contributed by atoms with Crippen molar-refractivity contribution >= 4 is 11.6 Å². The maximum absolute atomic E-state index is 13.9. The molecule has 0 aliphatic carbocycles. The molecule has 0 saturated heterocycles. The fourth-order valence-corrected chi connectivity index (χ4v) is 2.97. The second kappa shape index (κ2) is 8.24. The van der Waals surface area contributed by atoms with Gasteiger partial charge in [0.25, 0.3) is 0 Å². The molecular weight excluding hydrogens is 357 g/mol. The summed E-state index contributed by atoms with van der Waals surface area (Å²) in [5.41, 5.74) is 0.927. The Kier molecular flexibility index (Phi) is 5.78. The average molecular weight is 376 g/mol. The molecule has 27 heavy (non-hydrogen) atoms. The van der Waals surface area contributed by atoms with Crippen LogP contribution in [-0.4, -0.2) is 29.2 Å². The van der Waals surface area contributed by atoms with E-state index in [1.807, 2.05) is 0 Å². The van der Waals surface area contributed by atoms with Crippen LogP contribution >= 0.6 is 0 Å². The summed E-state index contributed by atoms with van der Waals surface area (Å²) in [5.74, 6) is -1.92.